The van der Waals surface area contributed by atoms with Crippen molar-refractivity contribution in [3.05, 3.63) is 64.7 Å². The van der Waals surface area contributed by atoms with Crippen LogP contribution in [0, 0.1) is 0 Å². The minimum atomic E-state index is -2.83. The van der Waals surface area contributed by atoms with Gasteiger partial charge in [-0.25, -0.2) is 0 Å². The second kappa shape index (κ2) is 8.49. The molecular weight excluding hydrogens is 360 g/mol. The zero-order chi connectivity index (χ0) is 18.5. The molecule has 0 N–H and O–H groups in total. The predicted molar refractivity (Wildman–Crippen MR) is 96.5 cm³/mol. The Kier molecular flexibility index (Phi) is 6.09. The molecule has 1 heterocycles. The van der Waals surface area contributed by atoms with Crippen molar-refractivity contribution in [1.82, 2.24) is 4.90 Å². The third kappa shape index (κ3) is 4.73. The molecule has 0 aromatic heterocycles. The zero-order valence-electron chi connectivity index (χ0n) is 14.2. The topological polar surface area (TPSA) is 29.5 Å². The Morgan fingerprint density at radius 1 is 1.15 bits per heavy atom. The van der Waals surface area contributed by atoms with Gasteiger partial charge in [-0.1, -0.05) is 35.9 Å². The van der Waals surface area contributed by atoms with Crippen molar-refractivity contribution in [1.29, 1.82) is 0 Å². The Hall–Kier alpha value is -2.14. The van der Waals surface area contributed by atoms with E-state index in [9.17, 15) is 13.6 Å². The molecule has 0 bridgehead atoms. The highest BCUT2D eigenvalue weighted by Crippen LogP contribution is 2.33. The van der Waals surface area contributed by atoms with E-state index in [2.05, 4.69) is 4.74 Å². The standard InChI is InChI=1S/C20H20ClF2NO2/c21-16-8-6-15(7-9-16)18-2-1-13-24(18)19(25)12-5-14-3-10-17(11-4-14)26-20(22)23/h3-4,6-11,18,20H,1-2,5,12-13H2. The van der Waals surface area contributed by atoms with Crippen LogP contribution in [0.3, 0.4) is 0 Å². The molecule has 1 saturated heterocycles. The molecule has 1 unspecified atom stereocenters. The van der Waals surface area contributed by atoms with Gasteiger partial charge in [-0.15, -0.1) is 0 Å². The number of halogens is 3. The molecule has 0 saturated carbocycles. The molecule has 2 aromatic rings. The molecule has 138 valence electrons. The van der Waals surface area contributed by atoms with Gasteiger partial charge in [0.25, 0.3) is 0 Å². The lowest BCUT2D eigenvalue weighted by Crippen LogP contribution is -2.30. The molecule has 3 rings (SSSR count). The van der Waals surface area contributed by atoms with Crippen molar-refractivity contribution in [2.45, 2.75) is 38.3 Å². The number of hydrogen-bond donors (Lipinski definition) is 0. The van der Waals surface area contributed by atoms with Crippen molar-refractivity contribution < 1.29 is 18.3 Å². The number of aryl methyl sites for hydroxylation is 1. The van der Waals surface area contributed by atoms with Gasteiger partial charge in [0.15, 0.2) is 0 Å². The van der Waals surface area contributed by atoms with Gasteiger partial charge in [-0.2, -0.15) is 8.78 Å². The summed E-state index contributed by atoms with van der Waals surface area (Å²) in [7, 11) is 0. The van der Waals surface area contributed by atoms with E-state index in [0.29, 0.717) is 17.9 Å². The molecule has 3 nitrogen and oxygen atoms in total. The van der Waals surface area contributed by atoms with Gasteiger partial charge in [0.05, 0.1) is 6.04 Å². The number of likely N-dealkylation sites (tertiary alicyclic amines) is 1. The minimum Gasteiger partial charge on any atom is -0.435 e. The molecular formula is C20H20ClF2NO2. The Labute approximate surface area is 156 Å². The summed E-state index contributed by atoms with van der Waals surface area (Å²) < 4.78 is 28.7. The SMILES string of the molecule is O=C(CCc1ccc(OC(F)F)cc1)N1CCCC1c1ccc(Cl)cc1. The first kappa shape index (κ1) is 18.6. The summed E-state index contributed by atoms with van der Waals surface area (Å²) in [5.74, 6) is 0.229. The van der Waals surface area contributed by atoms with E-state index >= 15 is 0 Å². The number of rotatable bonds is 6. The van der Waals surface area contributed by atoms with Crippen molar-refractivity contribution in [2.75, 3.05) is 6.54 Å². The number of amides is 1. The summed E-state index contributed by atoms with van der Waals surface area (Å²) in [6.07, 6.45) is 2.89. The second-order valence-corrected chi connectivity index (χ2v) is 6.76. The van der Waals surface area contributed by atoms with Crippen LogP contribution < -0.4 is 4.74 Å². The summed E-state index contributed by atoms with van der Waals surface area (Å²) in [5, 5.41) is 0.684. The fourth-order valence-corrected chi connectivity index (χ4v) is 3.46. The van der Waals surface area contributed by atoms with Crippen LogP contribution in [0.25, 0.3) is 0 Å². The smallest absolute Gasteiger partial charge is 0.387 e. The molecule has 0 spiro atoms. The first-order valence-corrected chi connectivity index (χ1v) is 8.99. The number of carbonyl (C=O) groups is 1. The first-order valence-electron chi connectivity index (χ1n) is 8.61. The minimum absolute atomic E-state index is 0.0987. The average molecular weight is 380 g/mol. The van der Waals surface area contributed by atoms with Crippen LogP contribution in [0.5, 0.6) is 5.75 Å². The van der Waals surface area contributed by atoms with E-state index in [1.807, 2.05) is 29.2 Å². The van der Waals surface area contributed by atoms with E-state index in [0.717, 1.165) is 30.5 Å². The molecule has 26 heavy (non-hydrogen) atoms. The Morgan fingerprint density at radius 2 is 1.85 bits per heavy atom. The Bertz CT molecular complexity index is 734. The van der Waals surface area contributed by atoms with Gasteiger partial charge in [0, 0.05) is 18.0 Å². The molecule has 0 radical (unpaired) electrons. The molecule has 1 amide bonds. The highest BCUT2D eigenvalue weighted by Gasteiger charge is 2.29. The number of ether oxygens (including phenoxy) is 1. The number of alkyl halides is 2. The van der Waals surface area contributed by atoms with E-state index in [1.165, 1.54) is 12.1 Å². The van der Waals surface area contributed by atoms with Crippen LogP contribution in [-0.4, -0.2) is 24.0 Å². The molecule has 0 aliphatic carbocycles. The third-order valence-electron chi connectivity index (χ3n) is 4.60. The summed E-state index contributed by atoms with van der Waals surface area (Å²) in [4.78, 5) is 14.6. The molecule has 6 heteroatoms. The van der Waals surface area contributed by atoms with Crippen LogP contribution in [0.2, 0.25) is 5.02 Å². The van der Waals surface area contributed by atoms with E-state index in [1.54, 1.807) is 12.1 Å². The third-order valence-corrected chi connectivity index (χ3v) is 4.86. The quantitative estimate of drug-likeness (QED) is 0.687. The predicted octanol–water partition coefficient (Wildman–Crippen LogP) is 5.24. The molecule has 1 aliphatic heterocycles. The van der Waals surface area contributed by atoms with E-state index < -0.39 is 6.61 Å². The molecule has 1 aliphatic rings. The maximum atomic E-state index is 12.7. The molecule has 1 fully saturated rings. The van der Waals surface area contributed by atoms with Gasteiger partial charge >= 0.3 is 6.61 Å². The maximum absolute atomic E-state index is 12.7. The monoisotopic (exact) mass is 379 g/mol. The lowest BCUT2D eigenvalue weighted by atomic mass is 10.0. The van der Waals surface area contributed by atoms with Gasteiger partial charge in [-0.3, -0.25) is 4.79 Å². The van der Waals surface area contributed by atoms with Crippen molar-refractivity contribution in [3.8, 4) is 5.75 Å². The number of benzene rings is 2. The van der Waals surface area contributed by atoms with Crippen LogP contribution in [-0.2, 0) is 11.2 Å². The lowest BCUT2D eigenvalue weighted by Gasteiger charge is -2.25. The van der Waals surface area contributed by atoms with Gasteiger partial charge in [0.1, 0.15) is 5.75 Å². The fourth-order valence-electron chi connectivity index (χ4n) is 3.33. The van der Waals surface area contributed by atoms with Crippen molar-refractivity contribution in [2.24, 2.45) is 0 Å². The first-order chi connectivity index (χ1) is 12.5. The van der Waals surface area contributed by atoms with Gasteiger partial charge in [-0.05, 0) is 54.7 Å². The van der Waals surface area contributed by atoms with Gasteiger partial charge < -0.3 is 9.64 Å². The second-order valence-electron chi connectivity index (χ2n) is 6.32. The Morgan fingerprint density at radius 3 is 2.50 bits per heavy atom. The van der Waals surface area contributed by atoms with Crippen molar-refractivity contribution in [3.63, 3.8) is 0 Å². The van der Waals surface area contributed by atoms with Crippen LogP contribution in [0.15, 0.2) is 48.5 Å². The molecule has 2 aromatic carbocycles. The maximum Gasteiger partial charge on any atom is 0.387 e. The highest BCUT2D eigenvalue weighted by atomic mass is 35.5. The van der Waals surface area contributed by atoms with Crippen LogP contribution >= 0.6 is 11.6 Å². The fraction of sp³-hybridized carbons (Fsp3) is 0.350. The van der Waals surface area contributed by atoms with Crippen LogP contribution in [0.1, 0.15) is 36.4 Å². The number of nitrogens with zero attached hydrogens (tertiary/aromatic N) is 1. The van der Waals surface area contributed by atoms with Gasteiger partial charge in [0.2, 0.25) is 5.91 Å². The normalized spacial score (nSPS) is 16.9. The summed E-state index contributed by atoms with van der Waals surface area (Å²) in [6.45, 7) is -2.07. The Balaban J connectivity index is 1.58. The van der Waals surface area contributed by atoms with E-state index in [-0.39, 0.29) is 17.7 Å². The van der Waals surface area contributed by atoms with Crippen molar-refractivity contribution >= 4 is 17.5 Å². The number of hydrogen-bond acceptors (Lipinski definition) is 2. The average Bonchev–Trinajstić information content (AvgIpc) is 3.11. The van der Waals surface area contributed by atoms with Crippen LogP contribution in [0.4, 0.5) is 8.78 Å². The summed E-state index contributed by atoms with van der Waals surface area (Å²) >= 11 is 5.94. The number of carbonyl (C=O) groups excluding carboxylic acids is 1. The molecule has 1 atom stereocenters. The summed E-state index contributed by atoms with van der Waals surface area (Å²) in [5.41, 5.74) is 2.02. The van der Waals surface area contributed by atoms with E-state index in [4.69, 9.17) is 11.6 Å². The lowest BCUT2D eigenvalue weighted by molar-refractivity contribution is -0.132. The largest absolute Gasteiger partial charge is 0.435 e. The zero-order valence-corrected chi connectivity index (χ0v) is 15.0. The summed E-state index contributed by atoms with van der Waals surface area (Å²) in [6, 6.07) is 14.2. The highest BCUT2D eigenvalue weighted by molar-refractivity contribution is 6.30.